The molecule has 0 radical (unpaired) electrons. The Morgan fingerprint density at radius 2 is 1.07 bits per heavy atom. The van der Waals surface area contributed by atoms with E-state index in [1.807, 2.05) is 0 Å². The SMILES string of the molecule is C1=Cc2cc3c(cc2N(c2ccccc2)c2ccccc21)c1ccccc1n3-c1cc(-c2ccccc2)cc(-c2ccccc2)n1. The average molecular weight is 588 g/mol. The molecule has 0 amide bonds. The smallest absolute Gasteiger partial charge is 0.138 e. The van der Waals surface area contributed by atoms with Gasteiger partial charge in [-0.25, -0.2) is 4.98 Å². The number of rotatable bonds is 4. The predicted molar refractivity (Wildman–Crippen MR) is 193 cm³/mol. The molecule has 1 aliphatic rings. The molecule has 0 N–H and O–H groups in total. The zero-order chi connectivity index (χ0) is 30.5. The molecule has 216 valence electrons. The van der Waals surface area contributed by atoms with Gasteiger partial charge >= 0.3 is 0 Å². The number of nitrogens with zero attached hydrogens (tertiary/aromatic N) is 3. The molecule has 9 rings (SSSR count). The van der Waals surface area contributed by atoms with Crippen LogP contribution < -0.4 is 4.90 Å². The van der Waals surface area contributed by atoms with E-state index in [1.165, 1.54) is 16.3 Å². The number of hydrogen-bond donors (Lipinski definition) is 0. The van der Waals surface area contributed by atoms with Gasteiger partial charge < -0.3 is 4.90 Å². The molecule has 0 fully saturated rings. The Balaban J connectivity index is 1.34. The topological polar surface area (TPSA) is 21.1 Å². The van der Waals surface area contributed by atoms with Crippen molar-refractivity contribution in [2.45, 2.75) is 0 Å². The van der Waals surface area contributed by atoms with Gasteiger partial charge in [0.25, 0.3) is 0 Å². The summed E-state index contributed by atoms with van der Waals surface area (Å²) < 4.78 is 2.34. The molecule has 0 saturated carbocycles. The first-order chi connectivity index (χ1) is 22.8. The maximum Gasteiger partial charge on any atom is 0.138 e. The molecule has 6 aromatic carbocycles. The minimum atomic E-state index is 0.896. The Labute approximate surface area is 268 Å². The third kappa shape index (κ3) is 4.33. The maximum absolute atomic E-state index is 5.33. The van der Waals surface area contributed by atoms with E-state index >= 15 is 0 Å². The molecule has 0 aliphatic carbocycles. The molecule has 3 heterocycles. The second-order valence-corrected chi connectivity index (χ2v) is 11.7. The molecule has 3 nitrogen and oxygen atoms in total. The second kappa shape index (κ2) is 10.8. The lowest BCUT2D eigenvalue weighted by Crippen LogP contribution is -2.11. The summed E-state index contributed by atoms with van der Waals surface area (Å²) in [6, 6.07) is 58.1. The van der Waals surface area contributed by atoms with E-state index in [9.17, 15) is 0 Å². The summed E-state index contributed by atoms with van der Waals surface area (Å²) in [7, 11) is 0. The van der Waals surface area contributed by atoms with Crippen LogP contribution in [-0.4, -0.2) is 9.55 Å². The Morgan fingerprint density at radius 1 is 0.413 bits per heavy atom. The van der Waals surface area contributed by atoms with Crippen LogP contribution in [0.2, 0.25) is 0 Å². The lowest BCUT2D eigenvalue weighted by Gasteiger charge is -2.27. The fraction of sp³-hybridized carbons (Fsp3) is 0. The van der Waals surface area contributed by atoms with Crippen molar-refractivity contribution in [3.63, 3.8) is 0 Å². The number of anilines is 3. The molecular weight excluding hydrogens is 558 g/mol. The van der Waals surface area contributed by atoms with Crippen LogP contribution in [0.15, 0.2) is 164 Å². The van der Waals surface area contributed by atoms with Crippen molar-refractivity contribution in [3.8, 4) is 28.2 Å². The molecule has 46 heavy (non-hydrogen) atoms. The van der Waals surface area contributed by atoms with Crippen LogP contribution in [0.3, 0.4) is 0 Å². The van der Waals surface area contributed by atoms with E-state index in [4.69, 9.17) is 4.98 Å². The Kier molecular flexibility index (Phi) is 6.14. The number of para-hydroxylation sites is 3. The van der Waals surface area contributed by atoms with Crippen molar-refractivity contribution in [3.05, 3.63) is 175 Å². The van der Waals surface area contributed by atoms with Crippen LogP contribution >= 0.6 is 0 Å². The molecule has 1 aliphatic heterocycles. The first-order valence-electron chi connectivity index (χ1n) is 15.6. The van der Waals surface area contributed by atoms with Gasteiger partial charge in [0.2, 0.25) is 0 Å². The monoisotopic (exact) mass is 587 g/mol. The van der Waals surface area contributed by atoms with Crippen molar-refractivity contribution >= 4 is 51.0 Å². The summed E-state index contributed by atoms with van der Waals surface area (Å²) in [4.78, 5) is 7.72. The highest BCUT2D eigenvalue weighted by molar-refractivity contribution is 6.12. The molecule has 0 saturated heterocycles. The van der Waals surface area contributed by atoms with E-state index < -0.39 is 0 Å². The van der Waals surface area contributed by atoms with Crippen LogP contribution in [0.1, 0.15) is 11.1 Å². The zero-order valence-corrected chi connectivity index (χ0v) is 25.1. The average Bonchev–Trinajstić information content (AvgIpc) is 3.35. The van der Waals surface area contributed by atoms with Crippen molar-refractivity contribution in [1.29, 1.82) is 0 Å². The predicted octanol–water partition coefficient (Wildman–Crippen LogP) is 11.5. The maximum atomic E-state index is 5.33. The molecule has 0 unspecified atom stereocenters. The Bertz CT molecular complexity index is 2350. The normalized spacial score (nSPS) is 12.2. The first-order valence-corrected chi connectivity index (χ1v) is 15.6. The van der Waals surface area contributed by atoms with E-state index in [1.54, 1.807) is 0 Å². The number of aromatic nitrogens is 2. The van der Waals surface area contributed by atoms with E-state index in [0.29, 0.717) is 0 Å². The Morgan fingerprint density at radius 3 is 1.87 bits per heavy atom. The lowest BCUT2D eigenvalue weighted by molar-refractivity contribution is 1.08. The lowest BCUT2D eigenvalue weighted by atomic mass is 10.0. The molecule has 8 aromatic rings. The summed E-state index contributed by atoms with van der Waals surface area (Å²) in [5.74, 6) is 0.896. The first kappa shape index (κ1) is 26.2. The molecule has 0 bridgehead atoms. The van der Waals surface area contributed by atoms with E-state index in [0.717, 1.165) is 61.9 Å². The number of pyridine rings is 1. The van der Waals surface area contributed by atoms with Crippen LogP contribution in [0.4, 0.5) is 17.1 Å². The minimum absolute atomic E-state index is 0.896. The van der Waals surface area contributed by atoms with Crippen molar-refractivity contribution in [1.82, 2.24) is 9.55 Å². The highest BCUT2D eigenvalue weighted by atomic mass is 15.2. The van der Waals surface area contributed by atoms with Gasteiger partial charge in [0.15, 0.2) is 0 Å². The number of hydrogen-bond acceptors (Lipinski definition) is 2. The Hall–Kier alpha value is -6.19. The highest BCUT2D eigenvalue weighted by Gasteiger charge is 2.23. The van der Waals surface area contributed by atoms with Crippen molar-refractivity contribution in [2.24, 2.45) is 0 Å². The third-order valence-corrected chi connectivity index (χ3v) is 8.91. The zero-order valence-electron chi connectivity index (χ0n) is 25.1. The van der Waals surface area contributed by atoms with Crippen LogP contribution in [0, 0.1) is 0 Å². The van der Waals surface area contributed by atoms with Crippen molar-refractivity contribution in [2.75, 3.05) is 4.90 Å². The standard InChI is InChI=1S/C43H29N3/c1-4-14-30(15-5-1)34-26-38(31-16-6-2-7-17-31)44-43(28-34)46-40-23-13-11-21-36(40)37-29-41-33(27-42(37)46)25-24-32-18-10-12-22-39(32)45(41)35-19-8-3-9-20-35/h1-29H. The summed E-state index contributed by atoms with van der Waals surface area (Å²) in [5.41, 5.74) is 12.4. The van der Waals surface area contributed by atoms with Gasteiger partial charge in [-0.1, -0.05) is 127 Å². The third-order valence-electron chi connectivity index (χ3n) is 8.91. The van der Waals surface area contributed by atoms with Gasteiger partial charge in [-0.2, -0.15) is 0 Å². The largest absolute Gasteiger partial charge is 0.309 e. The van der Waals surface area contributed by atoms with Crippen LogP contribution in [0.25, 0.3) is 62.2 Å². The minimum Gasteiger partial charge on any atom is -0.309 e. The molecule has 3 heteroatoms. The summed E-state index contributed by atoms with van der Waals surface area (Å²) in [6.45, 7) is 0. The number of benzene rings is 6. The fourth-order valence-electron chi connectivity index (χ4n) is 6.78. The summed E-state index contributed by atoms with van der Waals surface area (Å²) in [5, 5.41) is 2.39. The molecule has 0 spiro atoms. The summed E-state index contributed by atoms with van der Waals surface area (Å²) in [6.07, 6.45) is 4.49. The van der Waals surface area contributed by atoms with Gasteiger partial charge in [-0.15, -0.1) is 0 Å². The van der Waals surface area contributed by atoms with Gasteiger partial charge in [0.05, 0.1) is 28.1 Å². The van der Waals surface area contributed by atoms with E-state index in [2.05, 4.69) is 185 Å². The van der Waals surface area contributed by atoms with Crippen LogP contribution in [-0.2, 0) is 0 Å². The van der Waals surface area contributed by atoms with Crippen molar-refractivity contribution < 1.29 is 0 Å². The number of fused-ring (bicyclic) bond motifs is 5. The fourth-order valence-corrected chi connectivity index (χ4v) is 6.78. The quantitative estimate of drug-likeness (QED) is 0.204. The van der Waals surface area contributed by atoms with E-state index in [-0.39, 0.29) is 0 Å². The molecule has 0 atom stereocenters. The van der Waals surface area contributed by atoms with Gasteiger partial charge in [-0.05, 0) is 65.2 Å². The molecule has 2 aromatic heterocycles. The molecular formula is C43H29N3. The van der Waals surface area contributed by atoms with Crippen LogP contribution in [0.5, 0.6) is 0 Å². The summed E-state index contributed by atoms with van der Waals surface area (Å²) >= 11 is 0. The second-order valence-electron chi connectivity index (χ2n) is 11.7. The van der Waals surface area contributed by atoms with Gasteiger partial charge in [0, 0.05) is 27.6 Å². The van der Waals surface area contributed by atoms with Gasteiger partial charge in [0.1, 0.15) is 5.82 Å². The van der Waals surface area contributed by atoms with Gasteiger partial charge in [-0.3, -0.25) is 4.57 Å². The highest BCUT2D eigenvalue weighted by Crippen LogP contribution is 2.45.